The lowest BCUT2D eigenvalue weighted by molar-refractivity contribution is -0.128. The van der Waals surface area contributed by atoms with Gasteiger partial charge in [0.2, 0.25) is 5.91 Å². The maximum absolute atomic E-state index is 14.6. The fourth-order valence-electron chi connectivity index (χ4n) is 3.90. The second-order valence-corrected chi connectivity index (χ2v) is 7.78. The van der Waals surface area contributed by atoms with E-state index in [2.05, 4.69) is 15.9 Å². The van der Waals surface area contributed by atoms with E-state index in [0.717, 1.165) is 37.0 Å². The van der Waals surface area contributed by atoms with Gasteiger partial charge in [0.25, 0.3) is 5.91 Å². The van der Waals surface area contributed by atoms with Crippen molar-refractivity contribution in [3.05, 3.63) is 34.1 Å². The van der Waals surface area contributed by atoms with Crippen LogP contribution in [0.5, 0.6) is 5.75 Å². The number of rotatable bonds is 3. The summed E-state index contributed by atoms with van der Waals surface area (Å²) in [6, 6.07) is 2.76. The number of fused-ring (bicyclic) bond motifs is 1. The molecule has 4 rings (SSSR count). The largest absolute Gasteiger partial charge is 0.489 e. The van der Waals surface area contributed by atoms with Gasteiger partial charge in [-0.15, -0.1) is 0 Å². The van der Waals surface area contributed by atoms with E-state index in [4.69, 9.17) is 4.74 Å². The molecule has 1 aromatic carbocycles. The third-order valence-electron chi connectivity index (χ3n) is 5.22. The van der Waals surface area contributed by atoms with Gasteiger partial charge in [-0.25, -0.2) is 9.29 Å². The number of anilines is 1. The van der Waals surface area contributed by atoms with Gasteiger partial charge in [0.1, 0.15) is 11.6 Å². The van der Waals surface area contributed by atoms with Crippen LogP contribution in [0.2, 0.25) is 0 Å². The van der Waals surface area contributed by atoms with Crippen LogP contribution in [0.25, 0.3) is 0 Å². The van der Waals surface area contributed by atoms with Gasteiger partial charge in [0, 0.05) is 11.6 Å². The quantitative estimate of drug-likeness (QED) is 0.692. The van der Waals surface area contributed by atoms with E-state index in [1.807, 2.05) is 0 Å². The fraction of sp³-hybridized carbons (Fsp3) is 0.474. The highest BCUT2D eigenvalue weighted by Crippen LogP contribution is 2.39. The molecule has 1 aromatic rings. The Kier molecular flexibility index (Phi) is 4.40. The Bertz CT molecular complexity index is 770. The number of amides is 2. The molecule has 2 amide bonds. The van der Waals surface area contributed by atoms with E-state index in [1.54, 1.807) is 6.08 Å². The maximum Gasteiger partial charge on any atom is 0.260 e. The SMILES string of the molecule is O=C1C2=CC(CCC2)C(=O)N1c1cc(OC2CCCC2)c(Br)cc1F. The zero-order valence-corrected chi connectivity index (χ0v) is 15.4. The normalized spacial score (nSPS) is 23.8. The van der Waals surface area contributed by atoms with Crippen LogP contribution in [0.3, 0.4) is 0 Å². The highest BCUT2D eigenvalue weighted by atomic mass is 79.9. The van der Waals surface area contributed by atoms with Crippen molar-refractivity contribution in [3.8, 4) is 5.75 Å². The summed E-state index contributed by atoms with van der Waals surface area (Å²) in [5.74, 6) is -1.21. The van der Waals surface area contributed by atoms with Crippen LogP contribution in [-0.4, -0.2) is 17.9 Å². The lowest BCUT2D eigenvalue weighted by atomic mass is 9.85. The zero-order chi connectivity index (χ0) is 17.6. The summed E-state index contributed by atoms with van der Waals surface area (Å²) in [7, 11) is 0. The predicted molar refractivity (Wildman–Crippen MR) is 94.9 cm³/mol. The second kappa shape index (κ2) is 6.56. The average molecular weight is 408 g/mol. The molecule has 0 N–H and O–H groups in total. The second-order valence-electron chi connectivity index (χ2n) is 6.93. The third kappa shape index (κ3) is 3.01. The molecule has 1 unspecified atom stereocenters. The number of hydrogen-bond donors (Lipinski definition) is 0. The van der Waals surface area contributed by atoms with Crippen molar-refractivity contribution >= 4 is 33.4 Å². The van der Waals surface area contributed by atoms with Crippen LogP contribution in [0.1, 0.15) is 44.9 Å². The minimum atomic E-state index is -0.604. The number of nitrogens with zero attached hydrogens (tertiary/aromatic N) is 1. The Labute approximate surface area is 154 Å². The van der Waals surface area contributed by atoms with Crippen molar-refractivity contribution in [3.63, 3.8) is 0 Å². The van der Waals surface area contributed by atoms with Crippen LogP contribution in [0.4, 0.5) is 10.1 Å². The average Bonchev–Trinajstić information content (AvgIpc) is 3.11. The molecule has 25 heavy (non-hydrogen) atoms. The van der Waals surface area contributed by atoms with Crippen molar-refractivity contribution in [2.24, 2.45) is 5.92 Å². The first kappa shape index (κ1) is 16.8. The molecule has 0 saturated heterocycles. The van der Waals surface area contributed by atoms with E-state index in [0.29, 0.717) is 28.6 Å². The molecule has 1 heterocycles. The molecule has 2 bridgehead atoms. The fourth-order valence-corrected chi connectivity index (χ4v) is 4.31. The number of imide groups is 1. The van der Waals surface area contributed by atoms with Crippen LogP contribution < -0.4 is 9.64 Å². The van der Waals surface area contributed by atoms with Gasteiger partial charge in [-0.2, -0.15) is 0 Å². The molecule has 132 valence electrons. The van der Waals surface area contributed by atoms with Crippen LogP contribution in [0, 0.1) is 11.7 Å². The van der Waals surface area contributed by atoms with Gasteiger partial charge in [-0.05, 0) is 66.9 Å². The standard InChI is InChI=1S/C19H19BrFNO3/c20-14-9-15(21)16(10-17(14)25-13-6-1-2-7-13)22-18(23)11-4-3-5-12(8-11)19(22)24/h8-11,13H,1-7H2. The topological polar surface area (TPSA) is 46.6 Å². The van der Waals surface area contributed by atoms with E-state index in [1.165, 1.54) is 12.1 Å². The molecular formula is C19H19BrFNO3. The molecule has 1 atom stereocenters. The first-order valence-electron chi connectivity index (χ1n) is 8.79. The van der Waals surface area contributed by atoms with Gasteiger partial charge < -0.3 is 4.74 Å². The predicted octanol–water partition coefficient (Wildman–Crippen LogP) is 4.51. The minimum Gasteiger partial charge on any atom is -0.489 e. The summed E-state index contributed by atoms with van der Waals surface area (Å²) in [4.78, 5) is 26.3. The molecule has 3 aliphatic rings. The molecular weight excluding hydrogens is 389 g/mol. The monoisotopic (exact) mass is 407 g/mol. The first-order chi connectivity index (χ1) is 12.0. The Balaban J connectivity index is 1.70. The summed E-state index contributed by atoms with van der Waals surface area (Å²) in [5, 5.41) is 0. The molecule has 1 fully saturated rings. The highest BCUT2D eigenvalue weighted by Gasteiger charge is 2.39. The van der Waals surface area contributed by atoms with Gasteiger partial charge in [-0.1, -0.05) is 6.08 Å². The lowest BCUT2D eigenvalue weighted by Crippen LogP contribution is -2.46. The van der Waals surface area contributed by atoms with Crippen molar-refractivity contribution in [2.45, 2.75) is 51.0 Å². The smallest absolute Gasteiger partial charge is 0.260 e. The van der Waals surface area contributed by atoms with Gasteiger partial charge >= 0.3 is 0 Å². The highest BCUT2D eigenvalue weighted by molar-refractivity contribution is 9.10. The van der Waals surface area contributed by atoms with Crippen molar-refractivity contribution in [1.82, 2.24) is 0 Å². The van der Waals surface area contributed by atoms with E-state index in [9.17, 15) is 14.0 Å². The number of hydrogen-bond acceptors (Lipinski definition) is 3. The lowest BCUT2D eigenvalue weighted by Gasteiger charge is -2.33. The van der Waals surface area contributed by atoms with Gasteiger partial charge in [-0.3, -0.25) is 9.59 Å². The maximum atomic E-state index is 14.6. The Morgan fingerprint density at radius 1 is 1.12 bits per heavy atom. The minimum absolute atomic E-state index is 0.0105. The van der Waals surface area contributed by atoms with E-state index < -0.39 is 11.7 Å². The van der Waals surface area contributed by atoms with Crippen LogP contribution in [-0.2, 0) is 9.59 Å². The van der Waals surface area contributed by atoms with E-state index >= 15 is 0 Å². The summed E-state index contributed by atoms with van der Waals surface area (Å²) >= 11 is 3.33. The van der Waals surface area contributed by atoms with Crippen molar-refractivity contribution in [1.29, 1.82) is 0 Å². The summed E-state index contributed by atoms with van der Waals surface area (Å²) in [6.07, 6.45) is 8.19. The summed E-state index contributed by atoms with van der Waals surface area (Å²) < 4.78 is 21.1. The number of carbonyl (C=O) groups is 2. The Hall–Kier alpha value is -1.69. The number of halogens is 2. The van der Waals surface area contributed by atoms with E-state index in [-0.39, 0.29) is 23.6 Å². The van der Waals surface area contributed by atoms with Gasteiger partial charge in [0.05, 0.1) is 22.2 Å². The molecule has 2 aliphatic carbocycles. The number of ether oxygens (including phenoxy) is 1. The molecule has 4 nitrogen and oxygen atoms in total. The summed E-state index contributed by atoms with van der Waals surface area (Å²) in [5.41, 5.74) is 0.597. The summed E-state index contributed by atoms with van der Waals surface area (Å²) in [6.45, 7) is 0. The molecule has 1 saturated carbocycles. The van der Waals surface area contributed by atoms with Crippen LogP contribution >= 0.6 is 15.9 Å². The third-order valence-corrected chi connectivity index (χ3v) is 5.84. The Morgan fingerprint density at radius 2 is 1.88 bits per heavy atom. The van der Waals surface area contributed by atoms with Crippen LogP contribution in [0.15, 0.2) is 28.3 Å². The van der Waals surface area contributed by atoms with Crippen molar-refractivity contribution < 1.29 is 18.7 Å². The molecule has 1 aliphatic heterocycles. The zero-order valence-electron chi connectivity index (χ0n) is 13.8. The van der Waals surface area contributed by atoms with Crippen molar-refractivity contribution in [2.75, 3.05) is 4.90 Å². The molecule has 6 heteroatoms. The first-order valence-corrected chi connectivity index (χ1v) is 9.58. The molecule has 0 spiro atoms. The number of carbonyl (C=O) groups excluding carboxylic acids is 2. The number of benzene rings is 1. The van der Waals surface area contributed by atoms with Gasteiger partial charge in [0.15, 0.2) is 0 Å². The Morgan fingerprint density at radius 3 is 2.64 bits per heavy atom. The molecule has 0 radical (unpaired) electrons. The molecule has 0 aromatic heterocycles.